The van der Waals surface area contributed by atoms with Crippen LogP contribution in [0.3, 0.4) is 0 Å². The van der Waals surface area contributed by atoms with Crippen LogP contribution in [0.4, 0.5) is 0 Å². The van der Waals surface area contributed by atoms with Crippen LogP contribution >= 0.6 is 0 Å². The standard InChI is InChI=1S/C27H29O6/c1-18(28)32-17-23-4-3-11-27(29-2,33-23)22-8-9-24(20-6-7-20)21(16-22)14-19-5-10-25-26(15-19)31-13-12-30-25/h3-5,8-11,15-16,20,23H,6-7,12-14,17H2,1-2H3/t23-,27?/m1/s1. The number of esters is 1. The van der Waals surface area contributed by atoms with Gasteiger partial charge in [-0.15, -0.1) is 0 Å². The summed E-state index contributed by atoms with van der Waals surface area (Å²) in [6.45, 7) is 2.70. The van der Waals surface area contributed by atoms with E-state index >= 15 is 0 Å². The Kier molecular flexibility index (Phi) is 6.30. The molecule has 2 aliphatic heterocycles. The summed E-state index contributed by atoms with van der Waals surface area (Å²) < 4.78 is 28.8. The first-order chi connectivity index (χ1) is 16.1. The highest BCUT2D eigenvalue weighted by Crippen LogP contribution is 2.45. The van der Waals surface area contributed by atoms with Crippen LogP contribution < -0.4 is 9.47 Å². The average molecular weight is 450 g/mol. The lowest BCUT2D eigenvalue weighted by molar-refractivity contribution is -0.239. The maximum absolute atomic E-state index is 11.2. The summed E-state index contributed by atoms with van der Waals surface area (Å²) in [5.41, 5.74) is 4.72. The number of ether oxygens (including phenoxy) is 5. The minimum atomic E-state index is -1.04. The van der Waals surface area contributed by atoms with E-state index in [0.717, 1.165) is 23.5 Å². The van der Waals surface area contributed by atoms with Crippen LogP contribution in [0.15, 0.2) is 36.4 Å². The quantitative estimate of drug-likeness (QED) is 0.588. The Morgan fingerprint density at radius 2 is 1.91 bits per heavy atom. The molecule has 2 heterocycles. The Bertz CT molecular complexity index is 1010. The van der Waals surface area contributed by atoms with E-state index in [0.29, 0.717) is 19.1 Å². The SMILES string of the molecule is COC1(c2ccc(C3CC3)c(Cc3ccc4c(c3)OCCO4)c2)[CH][CH][CH][C@H](COC(C)=O)O1. The largest absolute Gasteiger partial charge is 0.486 e. The van der Waals surface area contributed by atoms with Crippen LogP contribution in [0.1, 0.15) is 47.9 Å². The lowest BCUT2D eigenvalue weighted by Gasteiger charge is -2.40. The second kappa shape index (κ2) is 9.35. The molecule has 3 aliphatic rings. The van der Waals surface area contributed by atoms with Gasteiger partial charge >= 0.3 is 5.97 Å². The molecule has 1 aliphatic carbocycles. The molecule has 0 spiro atoms. The molecule has 1 saturated carbocycles. The highest BCUT2D eigenvalue weighted by molar-refractivity contribution is 5.65. The Morgan fingerprint density at radius 3 is 2.67 bits per heavy atom. The number of hydrogen-bond acceptors (Lipinski definition) is 6. The van der Waals surface area contributed by atoms with Crippen molar-refractivity contribution in [2.75, 3.05) is 26.9 Å². The summed E-state index contributed by atoms with van der Waals surface area (Å²) in [6.07, 6.45) is 8.52. The molecule has 33 heavy (non-hydrogen) atoms. The van der Waals surface area contributed by atoms with Crippen molar-refractivity contribution in [3.63, 3.8) is 0 Å². The van der Waals surface area contributed by atoms with Crippen molar-refractivity contribution in [1.82, 2.24) is 0 Å². The third-order valence-electron chi connectivity index (χ3n) is 6.29. The van der Waals surface area contributed by atoms with Gasteiger partial charge in [0.25, 0.3) is 0 Å². The summed E-state index contributed by atoms with van der Waals surface area (Å²) in [7, 11) is 1.63. The van der Waals surface area contributed by atoms with E-state index in [-0.39, 0.29) is 18.7 Å². The zero-order valence-corrected chi connectivity index (χ0v) is 19.0. The minimum absolute atomic E-state index is 0.148. The fraction of sp³-hybridized carbons (Fsp3) is 0.407. The van der Waals surface area contributed by atoms with E-state index in [4.69, 9.17) is 23.7 Å². The van der Waals surface area contributed by atoms with Crippen molar-refractivity contribution in [1.29, 1.82) is 0 Å². The molecule has 1 unspecified atom stereocenters. The van der Waals surface area contributed by atoms with Crippen molar-refractivity contribution in [2.45, 2.75) is 44.0 Å². The summed E-state index contributed by atoms with van der Waals surface area (Å²) in [5.74, 6) is 0.843. The summed E-state index contributed by atoms with van der Waals surface area (Å²) in [5, 5.41) is 0. The van der Waals surface area contributed by atoms with Crippen LogP contribution in [-0.2, 0) is 31.2 Å². The minimum Gasteiger partial charge on any atom is -0.486 e. The van der Waals surface area contributed by atoms with Gasteiger partial charge in [-0.25, -0.2) is 0 Å². The zero-order chi connectivity index (χ0) is 22.8. The molecule has 6 heteroatoms. The number of carbonyl (C=O) groups is 1. The van der Waals surface area contributed by atoms with Crippen molar-refractivity contribution >= 4 is 5.97 Å². The number of rotatable bonds is 7. The maximum atomic E-state index is 11.2. The molecule has 2 atom stereocenters. The van der Waals surface area contributed by atoms with Crippen LogP contribution in [-0.4, -0.2) is 39.0 Å². The molecule has 2 aromatic rings. The first kappa shape index (κ1) is 22.2. The molecule has 173 valence electrons. The Labute approximate surface area is 195 Å². The predicted octanol–water partition coefficient (Wildman–Crippen LogP) is 4.30. The summed E-state index contributed by atoms with van der Waals surface area (Å²) >= 11 is 0. The van der Waals surface area contributed by atoms with Crippen LogP contribution in [0.25, 0.3) is 0 Å². The fourth-order valence-corrected chi connectivity index (χ4v) is 4.48. The lowest BCUT2D eigenvalue weighted by atomic mass is 9.89. The van der Waals surface area contributed by atoms with Gasteiger partial charge in [0, 0.05) is 26.0 Å². The summed E-state index contributed by atoms with van der Waals surface area (Å²) in [6, 6.07) is 12.6. The number of methoxy groups -OCH3 is 1. The van der Waals surface area contributed by atoms with E-state index in [1.807, 2.05) is 25.3 Å². The predicted molar refractivity (Wildman–Crippen MR) is 122 cm³/mol. The molecule has 2 aromatic carbocycles. The topological polar surface area (TPSA) is 63.2 Å². The van der Waals surface area contributed by atoms with Gasteiger partial charge in [0.05, 0.1) is 6.10 Å². The van der Waals surface area contributed by atoms with Gasteiger partial charge < -0.3 is 23.7 Å². The third kappa shape index (κ3) is 4.87. The smallest absolute Gasteiger partial charge is 0.302 e. The molecule has 0 bridgehead atoms. The first-order valence-corrected chi connectivity index (χ1v) is 11.5. The van der Waals surface area contributed by atoms with Gasteiger partial charge in [0.15, 0.2) is 17.3 Å². The normalized spacial score (nSPS) is 24.4. The number of benzene rings is 2. The number of carbonyl (C=O) groups excluding carboxylic acids is 1. The Balaban J connectivity index is 1.43. The molecule has 0 aromatic heterocycles. The number of hydrogen-bond donors (Lipinski definition) is 0. The van der Waals surface area contributed by atoms with Gasteiger partial charge in [-0.05, 0) is 72.9 Å². The molecular weight excluding hydrogens is 420 g/mol. The molecule has 1 saturated heterocycles. The lowest BCUT2D eigenvalue weighted by Crippen LogP contribution is -2.43. The van der Waals surface area contributed by atoms with Crippen LogP contribution in [0.5, 0.6) is 11.5 Å². The van der Waals surface area contributed by atoms with E-state index in [2.05, 4.69) is 30.3 Å². The Morgan fingerprint density at radius 1 is 1.09 bits per heavy atom. The van der Waals surface area contributed by atoms with Crippen molar-refractivity contribution in [3.8, 4) is 11.5 Å². The second-order valence-corrected chi connectivity index (χ2v) is 8.72. The van der Waals surface area contributed by atoms with E-state index in [1.54, 1.807) is 7.11 Å². The third-order valence-corrected chi connectivity index (χ3v) is 6.29. The molecule has 0 N–H and O–H groups in total. The highest BCUT2D eigenvalue weighted by Gasteiger charge is 2.41. The molecular formula is C27H29O6. The average Bonchev–Trinajstić information content (AvgIpc) is 3.68. The number of fused-ring (bicyclic) bond motifs is 1. The van der Waals surface area contributed by atoms with Crippen molar-refractivity contribution < 1.29 is 28.5 Å². The van der Waals surface area contributed by atoms with Gasteiger partial charge in [0.1, 0.15) is 19.8 Å². The Hall–Kier alpha value is -2.57. The van der Waals surface area contributed by atoms with Crippen molar-refractivity contribution in [3.05, 3.63) is 77.9 Å². The first-order valence-electron chi connectivity index (χ1n) is 11.5. The van der Waals surface area contributed by atoms with Crippen molar-refractivity contribution in [2.24, 2.45) is 0 Å². The highest BCUT2D eigenvalue weighted by atomic mass is 16.7. The molecule has 5 rings (SSSR count). The monoisotopic (exact) mass is 449 g/mol. The maximum Gasteiger partial charge on any atom is 0.302 e. The van der Waals surface area contributed by atoms with Gasteiger partial charge in [-0.2, -0.15) is 0 Å². The summed E-state index contributed by atoms with van der Waals surface area (Å²) in [4.78, 5) is 11.2. The molecule has 2 fully saturated rings. The fourth-order valence-electron chi connectivity index (χ4n) is 4.48. The van der Waals surface area contributed by atoms with Gasteiger partial charge in [0.2, 0.25) is 0 Å². The molecule has 3 radical (unpaired) electrons. The molecule has 6 nitrogen and oxygen atoms in total. The van der Waals surface area contributed by atoms with Gasteiger partial charge in [-0.3, -0.25) is 4.79 Å². The van der Waals surface area contributed by atoms with E-state index in [9.17, 15) is 4.79 Å². The van der Waals surface area contributed by atoms with Crippen LogP contribution in [0, 0.1) is 19.3 Å². The van der Waals surface area contributed by atoms with E-state index in [1.165, 1.54) is 36.5 Å². The van der Waals surface area contributed by atoms with Gasteiger partial charge in [-0.1, -0.05) is 18.2 Å². The van der Waals surface area contributed by atoms with E-state index < -0.39 is 5.79 Å². The zero-order valence-electron chi connectivity index (χ0n) is 19.0. The molecule has 0 amide bonds. The van der Waals surface area contributed by atoms with Crippen LogP contribution in [0.2, 0.25) is 0 Å². The second-order valence-electron chi connectivity index (χ2n) is 8.72.